The number of nitrogens with one attached hydrogen (secondary N) is 3. The molecule has 0 aliphatic rings. The number of hydrogen-bond acceptors (Lipinski definition) is 5. The molecule has 0 spiro atoms. The fraction of sp³-hybridized carbons (Fsp3) is 0.375. The smallest absolute Gasteiger partial charge is 0.325 e. The van der Waals surface area contributed by atoms with Gasteiger partial charge in [-0.25, -0.2) is 4.79 Å². The van der Waals surface area contributed by atoms with E-state index in [0.29, 0.717) is 16.6 Å². The lowest BCUT2D eigenvalue weighted by molar-refractivity contribution is -0.147. The van der Waals surface area contributed by atoms with Gasteiger partial charge >= 0.3 is 12.0 Å². The van der Waals surface area contributed by atoms with Gasteiger partial charge in [-0.3, -0.25) is 19.7 Å². The topological polar surface area (TPSA) is 114 Å². The van der Waals surface area contributed by atoms with E-state index in [9.17, 15) is 19.2 Å². The Bertz CT molecular complexity index is 648. The molecular formula is C16H20BrN3O5. The van der Waals surface area contributed by atoms with Gasteiger partial charge in [-0.1, -0.05) is 26.0 Å². The van der Waals surface area contributed by atoms with E-state index in [1.165, 1.54) is 0 Å². The summed E-state index contributed by atoms with van der Waals surface area (Å²) in [6, 6.07) is 6.07. The summed E-state index contributed by atoms with van der Waals surface area (Å²) in [5.41, 5.74) is 0.370. The number of halogens is 1. The zero-order valence-electron chi connectivity index (χ0n) is 13.9. The third kappa shape index (κ3) is 8.30. The summed E-state index contributed by atoms with van der Waals surface area (Å²) in [7, 11) is 0. The second kappa shape index (κ2) is 10.4. The zero-order chi connectivity index (χ0) is 18.8. The molecule has 0 unspecified atom stereocenters. The van der Waals surface area contributed by atoms with Crippen LogP contribution in [0.5, 0.6) is 0 Å². The SMILES string of the molecule is CC(C)CNC(=O)NC(=O)COC(=O)CNC(=O)c1ccccc1Br. The van der Waals surface area contributed by atoms with Gasteiger partial charge in [-0.2, -0.15) is 0 Å². The minimum atomic E-state index is -0.793. The van der Waals surface area contributed by atoms with E-state index in [0.717, 1.165) is 0 Å². The van der Waals surface area contributed by atoms with Crippen LogP contribution in [0.25, 0.3) is 0 Å². The number of hydrogen-bond donors (Lipinski definition) is 3. The summed E-state index contributed by atoms with van der Waals surface area (Å²) in [5.74, 6) is -1.77. The minimum Gasteiger partial charge on any atom is -0.454 e. The lowest BCUT2D eigenvalue weighted by Crippen LogP contribution is -2.43. The Kier molecular flexibility index (Phi) is 8.62. The molecule has 9 heteroatoms. The maximum Gasteiger partial charge on any atom is 0.325 e. The van der Waals surface area contributed by atoms with Crippen LogP contribution in [-0.4, -0.2) is 43.5 Å². The quantitative estimate of drug-likeness (QED) is 0.581. The summed E-state index contributed by atoms with van der Waals surface area (Å²) in [5, 5.41) is 6.90. The second-order valence-corrected chi connectivity index (χ2v) is 6.33. The van der Waals surface area contributed by atoms with Gasteiger partial charge < -0.3 is 15.4 Å². The van der Waals surface area contributed by atoms with Gasteiger partial charge in [0.1, 0.15) is 6.54 Å². The molecule has 3 N–H and O–H groups in total. The number of benzene rings is 1. The van der Waals surface area contributed by atoms with Crippen molar-refractivity contribution in [3.63, 3.8) is 0 Å². The fourth-order valence-corrected chi connectivity index (χ4v) is 2.06. The Morgan fingerprint density at radius 3 is 2.44 bits per heavy atom. The van der Waals surface area contributed by atoms with Crippen LogP contribution in [-0.2, 0) is 14.3 Å². The normalized spacial score (nSPS) is 10.1. The molecule has 4 amide bonds. The first-order chi connectivity index (χ1) is 11.8. The van der Waals surface area contributed by atoms with Gasteiger partial charge in [0.25, 0.3) is 11.8 Å². The van der Waals surface area contributed by atoms with E-state index in [1.54, 1.807) is 24.3 Å². The van der Waals surface area contributed by atoms with Crippen molar-refractivity contribution in [3.05, 3.63) is 34.3 Å². The molecule has 0 aliphatic carbocycles. The van der Waals surface area contributed by atoms with E-state index >= 15 is 0 Å². The van der Waals surface area contributed by atoms with Gasteiger partial charge in [-0.05, 0) is 34.0 Å². The first-order valence-corrected chi connectivity index (χ1v) is 8.35. The number of imide groups is 1. The largest absolute Gasteiger partial charge is 0.454 e. The van der Waals surface area contributed by atoms with Crippen LogP contribution in [0.3, 0.4) is 0 Å². The molecule has 1 aromatic carbocycles. The minimum absolute atomic E-state index is 0.243. The summed E-state index contributed by atoms with van der Waals surface area (Å²) in [6.07, 6.45) is 0. The Morgan fingerprint density at radius 2 is 1.80 bits per heavy atom. The van der Waals surface area contributed by atoms with Crippen molar-refractivity contribution in [2.75, 3.05) is 19.7 Å². The van der Waals surface area contributed by atoms with E-state index < -0.39 is 37.0 Å². The number of rotatable bonds is 7. The second-order valence-electron chi connectivity index (χ2n) is 5.48. The summed E-state index contributed by atoms with van der Waals surface area (Å²) < 4.78 is 5.28. The molecule has 0 fully saturated rings. The van der Waals surface area contributed by atoms with Crippen LogP contribution in [0.1, 0.15) is 24.2 Å². The average molecular weight is 414 g/mol. The van der Waals surface area contributed by atoms with E-state index in [-0.39, 0.29) is 5.92 Å². The van der Waals surface area contributed by atoms with Crippen LogP contribution in [0.4, 0.5) is 4.79 Å². The number of esters is 1. The summed E-state index contributed by atoms with van der Waals surface area (Å²) >= 11 is 3.23. The van der Waals surface area contributed by atoms with Gasteiger partial charge in [0.15, 0.2) is 6.61 Å². The lowest BCUT2D eigenvalue weighted by atomic mass is 10.2. The zero-order valence-corrected chi connectivity index (χ0v) is 15.5. The van der Waals surface area contributed by atoms with Crippen molar-refractivity contribution in [3.8, 4) is 0 Å². The van der Waals surface area contributed by atoms with E-state index in [2.05, 4.69) is 31.3 Å². The third-order valence-electron chi connectivity index (χ3n) is 2.80. The number of ether oxygens (including phenoxy) is 1. The highest BCUT2D eigenvalue weighted by Gasteiger charge is 2.13. The monoisotopic (exact) mass is 413 g/mol. The molecule has 0 atom stereocenters. The predicted octanol–water partition coefficient (Wildman–Crippen LogP) is 1.20. The average Bonchev–Trinajstić information content (AvgIpc) is 2.56. The Morgan fingerprint density at radius 1 is 1.12 bits per heavy atom. The maximum absolute atomic E-state index is 11.9. The molecule has 0 radical (unpaired) electrons. The Balaban J connectivity index is 2.28. The Labute approximate surface area is 153 Å². The highest BCUT2D eigenvalue weighted by atomic mass is 79.9. The van der Waals surface area contributed by atoms with Crippen LogP contribution >= 0.6 is 15.9 Å². The van der Waals surface area contributed by atoms with Gasteiger partial charge in [-0.15, -0.1) is 0 Å². The van der Waals surface area contributed by atoms with E-state index in [1.807, 2.05) is 19.2 Å². The van der Waals surface area contributed by atoms with Crippen molar-refractivity contribution in [1.82, 2.24) is 16.0 Å². The lowest BCUT2D eigenvalue weighted by Gasteiger charge is -2.09. The number of carbonyl (C=O) groups is 4. The van der Waals surface area contributed by atoms with Crippen molar-refractivity contribution in [2.45, 2.75) is 13.8 Å². The molecule has 0 saturated heterocycles. The molecule has 136 valence electrons. The van der Waals surface area contributed by atoms with Crippen molar-refractivity contribution >= 4 is 39.7 Å². The molecule has 0 heterocycles. The first kappa shape index (κ1) is 20.6. The molecule has 8 nitrogen and oxygen atoms in total. The molecular weight excluding hydrogens is 394 g/mol. The summed E-state index contributed by atoms with van der Waals surface area (Å²) in [6.45, 7) is 3.23. The third-order valence-corrected chi connectivity index (χ3v) is 3.49. The van der Waals surface area contributed by atoms with Crippen LogP contribution in [0.2, 0.25) is 0 Å². The van der Waals surface area contributed by atoms with Gasteiger partial charge in [0, 0.05) is 11.0 Å². The predicted molar refractivity (Wildman–Crippen MR) is 93.8 cm³/mol. The number of carbonyl (C=O) groups excluding carboxylic acids is 4. The standard InChI is InChI=1S/C16H20BrN3O5/c1-10(2)7-19-16(24)20-13(21)9-25-14(22)8-18-15(23)11-5-3-4-6-12(11)17/h3-6,10H,7-9H2,1-2H3,(H,18,23)(H2,19,20,21,24). The molecule has 0 aliphatic heterocycles. The number of urea groups is 1. The van der Waals surface area contributed by atoms with E-state index in [4.69, 9.17) is 0 Å². The van der Waals surface area contributed by atoms with Crippen LogP contribution < -0.4 is 16.0 Å². The first-order valence-electron chi connectivity index (χ1n) is 7.55. The summed E-state index contributed by atoms with van der Waals surface area (Å²) in [4.78, 5) is 46.3. The molecule has 25 heavy (non-hydrogen) atoms. The molecule has 1 aromatic rings. The van der Waals surface area contributed by atoms with Gasteiger partial charge in [0.05, 0.1) is 5.56 Å². The molecule has 0 aromatic heterocycles. The van der Waals surface area contributed by atoms with Crippen molar-refractivity contribution in [1.29, 1.82) is 0 Å². The molecule has 0 saturated carbocycles. The van der Waals surface area contributed by atoms with Crippen LogP contribution in [0.15, 0.2) is 28.7 Å². The van der Waals surface area contributed by atoms with Crippen LogP contribution in [0, 0.1) is 5.92 Å². The highest BCUT2D eigenvalue weighted by Crippen LogP contribution is 2.15. The molecule has 0 bridgehead atoms. The van der Waals surface area contributed by atoms with Crippen molar-refractivity contribution in [2.24, 2.45) is 5.92 Å². The van der Waals surface area contributed by atoms with Crippen molar-refractivity contribution < 1.29 is 23.9 Å². The van der Waals surface area contributed by atoms with Gasteiger partial charge in [0.2, 0.25) is 0 Å². The molecule has 1 rings (SSSR count). The maximum atomic E-state index is 11.9. The fourth-order valence-electron chi connectivity index (χ4n) is 1.59. The highest BCUT2D eigenvalue weighted by molar-refractivity contribution is 9.10. The number of amides is 4. The Hall–Kier alpha value is -2.42.